The molecule has 148 valence electrons. The van der Waals surface area contributed by atoms with Crippen LogP contribution in [0.15, 0.2) is 61.2 Å². The van der Waals surface area contributed by atoms with Gasteiger partial charge in [-0.2, -0.15) is 0 Å². The third kappa shape index (κ3) is 6.65. The van der Waals surface area contributed by atoms with Gasteiger partial charge in [-0.15, -0.1) is 6.58 Å². The van der Waals surface area contributed by atoms with Crippen LogP contribution in [0.5, 0.6) is 0 Å². The standard InChI is InChI=1S/C23H27FN2O2/c1-4-12-25-22(27)15-18-8-10-21(11-9-18)26(23(28)13-17(2)3)16-19-6-5-7-20(24)14-19/h4-11,14,17H,1,12-13,15-16H2,2-3H3,(H,25,27). The molecule has 2 amide bonds. The van der Waals surface area contributed by atoms with Gasteiger partial charge in [0, 0.05) is 18.7 Å². The number of hydrogen-bond donors (Lipinski definition) is 1. The summed E-state index contributed by atoms with van der Waals surface area (Å²) < 4.78 is 13.5. The summed E-state index contributed by atoms with van der Waals surface area (Å²) in [7, 11) is 0. The van der Waals surface area contributed by atoms with Gasteiger partial charge in [-0.25, -0.2) is 4.39 Å². The van der Waals surface area contributed by atoms with E-state index < -0.39 is 0 Å². The molecule has 28 heavy (non-hydrogen) atoms. The van der Waals surface area contributed by atoms with Crippen molar-refractivity contribution >= 4 is 17.5 Å². The summed E-state index contributed by atoms with van der Waals surface area (Å²) in [5, 5.41) is 2.74. The van der Waals surface area contributed by atoms with Crippen LogP contribution in [-0.4, -0.2) is 18.4 Å². The van der Waals surface area contributed by atoms with E-state index in [9.17, 15) is 14.0 Å². The van der Waals surface area contributed by atoms with Gasteiger partial charge in [-0.3, -0.25) is 9.59 Å². The third-order valence-corrected chi connectivity index (χ3v) is 4.17. The molecule has 2 aromatic carbocycles. The molecule has 0 aliphatic rings. The zero-order chi connectivity index (χ0) is 20.5. The second-order valence-corrected chi connectivity index (χ2v) is 7.14. The predicted octanol–water partition coefficient (Wildman–Crippen LogP) is 4.25. The fourth-order valence-corrected chi connectivity index (χ4v) is 2.83. The monoisotopic (exact) mass is 382 g/mol. The number of benzene rings is 2. The topological polar surface area (TPSA) is 49.4 Å². The molecule has 0 atom stereocenters. The van der Waals surface area contributed by atoms with Crippen molar-refractivity contribution in [3.05, 3.63) is 78.1 Å². The second kappa shape index (κ2) is 10.4. The molecular formula is C23H27FN2O2. The van der Waals surface area contributed by atoms with Crippen LogP contribution in [0.3, 0.4) is 0 Å². The molecular weight excluding hydrogens is 355 g/mol. The summed E-state index contributed by atoms with van der Waals surface area (Å²) in [5.41, 5.74) is 2.31. The Balaban J connectivity index is 2.18. The zero-order valence-corrected chi connectivity index (χ0v) is 16.5. The summed E-state index contributed by atoms with van der Waals surface area (Å²) in [6, 6.07) is 13.6. The Kier molecular flexibility index (Phi) is 7.93. The van der Waals surface area contributed by atoms with E-state index in [1.165, 1.54) is 12.1 Å². The van der Waals surface area contributed by atoms with Crippen molar-refractivity contribution in [2.75, 3.05) is 11.4 Å². The average molecular weight is 382 g/mol. The number of carbonyl (C=O) groups is 2. The highest BCUT2D eigenvalue weighted by Crippen LogP contribution is 2.21. The number of amides is 2. The first-order valence-electron chi connectivity index (χ1n) is 9.40. The van der Waals surface area contributed by atoms with Crippen LogP contribution in [0.1, 0.15) is 31.4 Å². The first kappa shape index (κ1) is 21.4. The molecule has 0 aliphatic heterocycles. The van der Waals surface area contributed by atoms with Crippen LogP contribution >= 0.6 is 0 Å². The minimum atomic E-state index is -0.324. The maximum Gasteiger partial charge on any atom is 0.227 e. The van der Waals surface area contributed by atoms with Crippen LogP contribution in [0.25, 0.3) is 0 Å². The Hall–Kier alpha value is -2.95. The number of hydrogen-bond acceptors (Lipinski definition) is 2. The van der Waals surface area contributed by atoms with E-state index in [1.54, 1.807) is 23.1 Å². The molecule has 1 N–H and O–H groups in total. The minimum absolute atomic E-state index is 0.0178. The van der Waals surface area contributed by atoms with Crippen LogP contribution in [0.4, 0.5) is 10.1 Å². The lowest BCUT2D eigenvalue weighted by Crippen LogP contribution is -2.31. The van der Waals surface area contributed by atoms with Crippen LogP contribution in [0.2, 0.25) is 0 Å². The normalized spacial score (nSPS) is 10.6. The highest BCUT2D eigenvalue weighted by Gasteiger charge is 2.18. The fourth-order valence-electron chi connectivity index (χ4n) is 2.83. The Morgan fingerprint density at radius 3 is 2.46 bits per heavy atom. The lowest BCUT2D eigenvalue weighted by Gasteiger charge is -2.24. The molecule has 5 heteroatoms. The highest BCUT2D eigenvalue weighted by molar-refractivity contribution is 5.93. The van der Waals surface area contributed by atoms with Crippen molar-refractivity contribution in [3.8, 4) is 0 Å². The molecule has 0 aromatic heterocycles. The number of nitrogens with zero attached hydrogens (tertiary/aromatic N) is 1. The van der Waals surface area contributed by atoms with Gasteiger partial charge in [0.15, 0.2) is 0 Å². The quantitative estimate of drug-likeness (QED) is 0.659. The smallest absolute Gasteiger partial charge is 0.227 e. The van der Waals surface area contributed by atoms with E-state index in [1.807, 2.05) is 38.1 Å². The zero-order valence-electron chi connectivity index (χ0n) is 16.5. The van der Waals surface area contributed by atoms with Gasteiger partial charge in [-0.05, 0) is 41.3 Å². The first-order chi connectivity index (χ1) is 13.4. The van der Waals surface area contributed by atoms with E-state index in [0.717, 1.165) is 16.8 Å². The van der Waals surface area contributed by atoms with Crippen LogP contribution < -0.4 is 10.2 Å². The Morgan fingerprint density at radius 1 is 1.14 bits per heavy atom. The first-order valence-corrected chi connectivity index (χ1v) is 9.40. The number of halogens is 1. The van der Waals surface area contributed by atoms with E-state index in [0.29, 0.717) is 19.5 Å². The Bertz CT molecular complexity index is 816. The molecule has 0 bridgehead atoms. The van der Waals surface area contributed by atoms with E-state index >= 15 is 0 Å². The van der Waals surface area contributed by atoms with Gasteiger partial charge in [0.25, 0.3) is 0 Å². The maximum absolute atomic E-state index is 13.5. The summed E-state index contributed by atoms with van der Waals surface area (Å²) in [6.45, 7) is 8.28. The van der Waals surface area contributed by atoms with Crippen molar-refractivity contribution in [1.82, 2.24) is 5.32 Å². The van der Waals surface area contributed by atoms with E-state index in [-0.39, 0.29) is 30.0 Å². The number of carbonyl (C=O) groups excluding carboxylic acids is 2. The van der Waals surface area contributed by atoms with E-state index in [4.69, 9.17) is 0 Å². The highest BCUT2D eigenvalue weighted by atomic mass is 19.1. The van der Waals surface area contributed by atoms with Gasteiger partial charge in [0.2, 0.25) is 11.8 Å². The van der Waals surface area contributed by atoms with Gasteiger partial charge >= 0.3 is 0 Å². The van der Waals surface area contributed by atoms with Crippen molar-refractivity contribution in [2.24, 2.45) is 5.92 Å². The van der Waals surface area contributed by atoms with Crippen LogP contribution in [0, 0.1) is 11.7 Å². The summed E-state index contributed by atoms with van der Waals surface area (Å²) in [4.78, 5) is 26.3. The second-order valence-electron chi connectivity index (χ2n) is 7.14. The maximum atomic E-state index is 13.5. The Labute approximate surface area is 166 Å². The van der Waals surface area contributed by atoms with Gasteiger partial charge < -0.3 is 10.2 Å². The molecule has 4 nitrogen and oxygen atoms in total. The summed E-state index contributed by atoms with van der Waals surface area (Å²) in [6.07, 6.45) is 2.30. The number of nitrogens with one attached hydrogen (secondary N) is 1. The SMILES string of the molecule is C=CCNC(=O)Cc1ccc(N(Cc2cccc(F)c2)C(=O)CC(C)C)cc1. The molecule has 2 rings (SSSR count). The van der Waals surface area contributed by atoms with E-state index in [2.05, 4.69) is 11.9 Å². The van der Waals surface area contributed by atoms with Gasteiger partial charge in [0.05, 0.1) is 13.0 Å². The predicted molar refractivity (Wildman–Crippen MR) is 110 cm³/mol. The molecule has 0 spiro atoms. The minimum Gasteiger partial charge on any atom is -0.352 e. The molecule has 0 radical (unpaired) electrons. The number of anilines is 1. The van der Waals surface area contributed by atoms with Crippen molar-refractivity contribution in [2.45, 2.75) is 33.2 Å². The largest absolute Gasteiger partial charge is 0.352 e. The Morgan fingerprint density at radius 2 is 1.86 bits per heavy atom. The van der Waals surface area contributed by atoms with Crippen LogP contribution in [-0.2, 0) is 22.6 Å². The molecule has 0 saturated heterocycles. The molecule has 2 aromatic rings. The third-order valence-electron chi connectivity index (χ3n) is 4.17. The fraction of sp³-hybridized carbons (Fsp3) is 0.304. The van der Waals surface area contributed by atoms with Gasteiger partial charge in [0.1, 0.15) is 5.82 Å². The molecule has 0 saturated carbocycles. The summed E-state index contributed by atoms with van der Waals surface area (Å²) in [5.74, 6) is -0.208. The van der Waals surface area contributed by atoms with Crippen molar-refractivity contribution in [1.29, 1.82) is 0 Å². The van der Waals surface area contributed by atoms with Crippen molar-refractivity contribution in [3.63, 3.8) is 0 Å². The molecule has 0 fully saturated rings. The lowest BCUT2D eigenvalue weighted by molar-refractivity contribution is -0.120. The van der Waals surface area contributed by atoms with Gasteiger partial charge in [-0.1, -0.05) is 44.2 Å². The molecule has 0 unspecified atom stereocenters. The molecule has 0 aliphatic carbocycles. The van der Waals surface area contributed by atoms with Crippen molar-refractivity contribution < 1.29 is 14.0 Å². The number of rotatable bonds is 9. The molecule has 0 heterocycles. The lowest BCUT2D eigenvalue weighted by atomic mass is 10.1. The summed E-state index contributed by atoms with van der Waals surface area (Å²) >= 11 is 0. The average Bonchev–Trinajstić information content (AvgIpc) is 2.64.